The van der Waals surface area contributed by atoms with Crippen molar-refractivity contribution in [3.05, 3.63) is 0 Å². The Labute approximate surface area is 86.7 Å². The molecule has 0 aromatic rings. The van der Waals surface area contributed by atoms with Gasteiger partial charge in [0.05, 0.1) is 27.7 Å². The number of hydrogen-bond donors (Lipinski definition) is 2. The molecule has 0 rings (SSSR count). The van der Waals surface area contributed by atoms with Crippen LogP contribution in [-0.2, 0) is 4.79 Å². The molecule has 0 atom stereocenters. The molecule has 0 unspecified atom stereocenters. The van der Waals surface area contributed by atoms with Crippen LogP contribution in [0.5, 0.6) is 0 Å². The van der Waals surface area contributed by atoms with Crippen LogP contribution in [0, 0.1) is 5.92 Å². The van der Waals surface area contributed by atoms with Crippen molar-refractivity contribution >= 4 is 5.97 Å². The van der Waals surface area contributed by atoms with Crippen molar-refractivity contribution in [2.24, 2.45) is 5.92 Å². The van der Waals surface area contributed by atoms with E-state index in [4.69, 9.17) is 10.2 Å². The smallest absolute Gasteiger partial charge is 0.303 e. The lowest BCUT2D eigenvalue weighted by Gasteiger charge is -2.21. The van der Waals surface area contributed by atoms with Crippen molar-refractivity contribution in [1.82, 2.24) is 0 Å². The van der Waals surface area contributed by atoms with E-state index in [9.17, 15) is 4.79 Å². The van der Waals surface area contributed by atoms with E-state index in [2.05, 4.69) is 21.1 Å². The zero-order valence-electron chi connectivity index (χ0n) is 9.95. The van der Waals surface area contributed by atoms with Crippen molar-refractivity contribution < 1.29 is 19.5 Å². The van der Waals surface area contributed by atoms with E-state index in [0.29, 0.717) is 0 Å². The second-order valence-corrected chi connectivity index (χ2v) is 4.73. The number of nitrogens with zero attached hydrogens (tertiary/aromatic N) is 1. The normalized spacial score (nSPS) is 10.8. The third kappa shape index (κ3) is 22.5. The van der Waals surface area contributed by atoms with E-state index in [-0.39, 0.29) is 18.9 Å². The number of carboxylic acids is 1. The molecule has 0 aliphatic rings. The third-order valence-corrected chi connectivity index (χ3v) is 1.35. The molecule has 4 heteroatoms. The summed E-state index contributed by atoms with van der Waals surface area (Å²) in [6.45, 7) is 4.88. The topological polar surface area (TPSA) is 57.5 Å². The Kier molecular flexibility index (Phi) is 8.79. The summed E-state index contributed by atoms with van der Waals surface area (Å²) < 4.78 is 0.844. The second-order valence-electron chi connectivity index (χ2n) is 4.73. The van der Waals surface area contributed by atoms with Gasteiger partial charge in [-0.2, -0.15) is 0 Å². The molecule has 0 aromatic heterocycles. The summed E-state index contributed by atoms with van der Waals surface area (Å²) in [5.74, 6) is -0.438. The zero-order valence-corrected chi connectivity index (χ0v) is 9.95. The van der Waals surface area contributed by atoms with E-state index < -0.39 is 5.97 Å². The highest BCUT2D eigenvalue weighted by Gasteiger charge is 2.02. The molecular weight excluding hydrogens is 182 g/mol. The summed E-state index contributed by atoms with van der Waals surface area (Å²) >= 11 is 0. The minimum Gasteiger partial charge on any atom is -0.481 e. The van der Waals surface area contributed by atoms with Crippen LogP contribution in [0.4, 0.5) is 0 Å². The molecule has 14 heavy (non-hydrogen) atoms. The van der Waals surface area contributed by atoms with E-state index in [1.807, 2.05) is 13.8 Å². The van der Waals surface area contributed by atoms with Crippen molar-refractivity contribution in [3.63, 3.8) is 0 Å². The Morgan fingerprint density at radius 3 is 1.71 bits per heavy atom. The molecule has 86 valence electrons. The van der Waals surface area contributed by atoms with Crippen LogP contribution in [0.15, 0.2) is 0 Å². The first kappa shape index (κ1) is 15.8. The minimum absolute atomic E-state index is 0.275. The molecule has 4 nitrogen and oxygen atoms in total. The van der Waals surface area contributed by atoms with Gasteiger partial charge in [-0.15, -0.1) is 0 Å². The van der Waals surface area contributed by atoms with Gasteiger partial charge in [0.2, 0.25) is 0 Å². The Hall–Kier alpha value is -0.610. The van der Waals surface area contributed by atoms with Crippen LogP contribution in [0.2, 0.25) is 0 Å². The molecule has 0 spiro atoms. The van der Waals surface area contributed by atoms with Crippen LogP contribution >= 0.6 is 0 Å². The van der Waals surface area contributed by atoms with Crippen LogP contribution in [0.3, 0.4) is 0 Å². The minimum atomic E-state index is -0.713. The number of carboxylic acid groups (broad SMARTS) is 1. The fraction of sp³-hybridized carbons (Fsp3) is 0.900. The quantitative estimate of drug-likeness (QED) is 0.669. The molecule has 0 saturated heterocycles. The molecule has 0 bridgehead atoms. The second kappa shape index (κ2) is 7.76. The van der Waals surface area contributed by atoms with Crippen LogP contribution < -0.4 is 0 Å². The maximum absolute atomic E-state index is 9.81. The number of aliphatic hydroxyl groups excluding tert-OH is 1. The molecule has 0 amide bonds. The summed E-state index contributed by atoms with van der Waals surface area (Å²) in [6, 6.07) is 0. The summed E-state index contributed by atoms with van der Waals surface area (Å²) in [5.41, 5.74) is 0. The number of likely N-dealkylation sites (N-methyl/N-ethyl adjacent to an activating group) is 1. The standard InChI is InChI=1S/C5H14NO.C5H10O2/c1-6(2,3)4-5-7;1-4(2)3-5(6)7/h7H,4-5H2,1-3H3;4H,3H2,1-2H3,(H,6,7)/q+1;. The van der Waals surface area contributed by atoms with Gasteiger partial charge in [-0.3, -0.25) is 4.79 Å². The van der Waals surface area contributed by atoms with E-state index in [0.717, 1.165) is 11.0 Å². The number of carbonyl (C=O) groups is 1. The molecular formula is C10H24NO3+. The average Bonchev–Trinajstić information content (AvgIpc) is 1.80. The van der Waals surface area contributed by atoms with Crippen molar-refractivity contribution in [2.45, 2.75) is 20.3 Å². The maximum atomic E-state index is 9.81. The monoisotopic (exact) mass is 206 g/mol. The molecule has 0 heterocycles. The predicted octanol–water partition coefficient (Wildman–Crippen LogP) is 0.802. The van der Waals surface area contributed by atoms with Gasteiger partial charge in [0.15, 0.2) is 0 Å². The molecule has 2 N–H and O–H groups in total. The number of aliphatic hydroxyl groups is 1. The van der Waals surface area contributed by atoms with Gasteiger partial charge in [0, 0.05) is 6.42 Å². The summed E-state index contributed by atoms with van der Waals surface area (Å²) in [4.78, 5) is 9.81. The zero-order chi connectivity index (χ0) is 11.8. The Balaban J connectivity index is 0. The lowest BCUT2D eigenvalue weighted by atomic mass is 10.1. The van der Waals surface area contributed by atoms with Gasteiger partial charge >= 0.3 is 5.97 Å². The number of hydrogen-bond acceptors (Lipinski definition) is 2. The Bertz CT molecular complexity index is 150. The lowest BCUT2D eigenvalue weighted by molar-refractivity contribution is -0.870. The highest BCUT2D eigenvalue weighted by molar-refractivity contribution is 5.66. The fourth-order valence-electron chi connectivity index (χ4n) is 0.649. The highest BCUT2D eigenvalue weighted by atomic mass is 16.4. The van der Waals surface area contributed by atoms with Crippen LogP contribution in [0.1, 0.15) is 20.3 Å². The van der Waals surface area contributed by atoms with Gasteiger partial charge in [-0.1, -0.05) is 13.8 Å². The van der Waals surface area contributed by atoms with Crippen LogP contribution in [-0.4, -0.2) is 55.0 Å². The van der Waals surface area contributed by atoms with Gasteiger partial charge in [-0.25, -0.2) is 0 Å². The molecule has 0 aromatic carbocycles. The number of rotatable bonds is 4. The molecule has 0 fully saturated rings. The third-order valence-electron chi connectivity index (χ3n) is 1.35. The predicted molar refractivity (Wildman–Crippen MR) is 57.1 cm³/mol. The van der Waals surface area contributed by atoms with Crippen molar-refractivity contribution in [1.29, 1.82) is 0 Å². The van der Waals surface area contributed by atoms with Crippen molar-refractivity contribution in [2.75, 3.05) is 34.3 Å². The highest BCUT2D eigenvalue weighted by Crippen LogP contribution is 1.96. The summed E-state index contributed by atoms with van der Waals surface area (Å²) in [7, 11) is 6.16. The van der Waals surface area contributed by atoms with Crippen molar-refractivity contribution in [3.8, 4) is 0 Å². The Morgan fingerprint density at radius 1 is 1.29 bits per heavy atom. The van der Waals surface area contributed by atoms with Crippen LogP contribution in [0.25, 0.3) is 0 Å². The van der Waals surface area contributed by atoms with E-state index in [1.165, 1.54) is 0 Å². The molecule has 0 saturated carbocycles. The first-order valence-corrected chi connectivity index (χ1v) is 4.82. The maximum Gasteiger partial charge on any atom is 0.303 e. The molecule has 0 radical (unpaired) electrons. The van der Waals surface area contributed by atoms with E-state index >= 15 is 0 Å². The largest absolute Gasteiger partial charge is 0.481 e. The summed E-state index contributed by atoms with van der Waals surface area (Å²) in [5, 5.41) is 16.5. The Morgan fingerprint density at radius 2 is 1.71 bits per heavy atom. The average molecular weight is 206 g/mol. The van der Waals surface area contributed by atoms with E-state index in [1.54, 1.807) is 0 Å². The summed E-state index contributed by atoms with van der Waals surface area (Å²) in [6.07, 6.45) is 0.278. The first-order valence-electron chi connectivity index (χ1n) is 4.82. The van der Waals surface area contributed by atoms with Gasteiger partial charge in [0.1, 0.15) is 6.54 Å². The molecule has 0 aliphatic heterocycles. The van der Waals surface area contributed by atoms with Gasteiger partial charge in [-0.05, 0) is 5.92 Å². The molecule has 0 aliphatic carbocycles. The number of aliphatic carboxylic acids is 1. The van der Waals surface area contributed by atoms with Gasteiger partial charge in [0.25, 0.3) is 0 Å². The fourth-order valence-corrected chi connectivity index (χ4v) is 0.649. The first-order chi connectivity index (χ1) is 6.19. The number of quaternary nitrogens is 1. The van der Waals surface area contributed by atoms with Gasteiger partial charge < -0.3 is 14.7 Å². The SMILES string of the molecule is CC(C)CC(=O)O.C[N+](C)(C)CCO. The lowest BCUT2D eigenvalue weighted by Crippen LogP contribution is -2.36.